The van der Waals surface area contributed by atoms with Crippen molar-refractivity contribution < 1.29 is 0 Å². The van der Waals surface area contributed by atoms with E-state index in [9.17, 15) is 0 Å². The zero-order valence-corrected chi connectivity index (χ0v) is 13.1. The Kier molecular flexibility index (Phi) is 4.93. The standard InChI is InChI=1S/C16H21N3S/c1-12(17-2)11-18-20-16-10-6-7-13-14(16)8-5-9-15(13)19(3)4/h5-10,17-18H,1,11H2,2-4H3. The average molecular weight is 287 g/mol. The van der Waals surface area contributed by atoms with Crippen LogP contribution in [0.2, 0.25) is 0 Å². The summed E-state index contributed by atoms with van der Waals surface area (Å²) in [6.07, 6.45) is 0. The molecule has 0 aliphatic carbocycles. The molecule has 2 rings (SSSR count). The van der Waals surface area contributed by atoms with Crippen molar-refractivity contribution in [3.8, 4) is 0 Å². The number of rotatable bonds is 6. The van der Waals surface area contributed by atoms with Crippen molar-refractivity contribution in [2.24, 2.45) is 0 Å². The van der Waals surface area contributed by atoms with E-state index in [1.807, 2.05) is 7.05 Å². The summed E-state index contributed by atoms with van der Waals surface area (Å²) in [7, 11) is 6.03. The molecule has 0 aromatic heterocycles. The first-order valence-electron chi connectivity index (χ1n) is 6.57. The topological polar surface area (TPSA) is 27.3 Å². The zero-order valence-electron chi connectivity index (χ0n) is 12.2. The van der Waals surface area contributed by atoms with Crippen LogP contribution in [0.5, 0.6) is 0 Å². The van der Waals surface area contributed by atoms with Gasteiger partial charge < -0.3 is 10.2 Å². The van der Waals surface area contributed by atoms with Crippen LogP contribution in [-0.4, -0.2) is 27.7 Å². The summed E-state index contributed by atoms with van der Waals surface area (Å²) in [5.41, 5.74) is 2.22. The number of hydrogen-bond donors (Lipinski definition) is 2. The normalized spacial score (nSPS) is 10.6. The Bertz CT molecular complexity index is 608. The summed E-state index contributed by atoms with van der Waals surface area (Å²) < 4.78 is 3.33. The predicted molar refractivity (Wildman–Crippen MR) is 90.3 cm³/mol. The monoisotopic (exact) mass is 287 g/mol. The van der Waals surface area contributed by atoms with Gasteiger partial charge in [-0.15, -0.1) is 0 Å². The fourth-order valence-electron chi connectivity index (χ4n) is 2.03. The molecular weight excluding hydrogens is 266 g/mol. The molecule has 0 saturated heterocycles. The van der Waals surface area contributed by atoms with Gasteiger partial charge in [0.1, 0.15) is 0 Å². The first kappa shape index (κ1) is 14.8. The largest absolute Gasteiger partial charge is 0.391 e. The van der Waals surface area contributed by atoms with E-state index in [1.165, 1.54) is 21.4 Å². The second-order valence-electron chi connectivity index (χ2n) is 4.80. The van der Waals surface area contributed by atoms with E-state index in [0.717, 1.165) is 12.2 Å². The van der Waals surface area contributed by atoms with Crippen LogP contribution in [0.25, 0.3) is 10.8 Å². The highest BCUT2D eigenvalue weighted by Gasteiger charge is 2.06. The Morgan fingerprint density at radius 2 is 1.85 bits per heavy atom. The van der Waals surface area contributed by atoms with Crippen LogP contribution < -0.4 is 14.9 Å². The van der Waals surface area contributed by atoms with Crippen molar-refractivity contribution in [3.63, 3.8) is 0 Å². The number of nitrogens with one attached hydrogen (secondary N) is 2. The number of benzene rings is 2. The van der Waals surface area contributed by atoms with Gasteiger partial charge >= 0.3 is 0 Å². The molecule has 2 N–H and O–H groups in total. The van der Waals surface area contributed by atoms with Crippen LogP contribution in [0, 0.1) is 0 Å². The van der Waals surface area contributed by atoms with Gasteiger partial charge in [0.2, 0.25) is 0 Å². The highest BCUT2D eigenvalue weighted by Crippen LogP contribution is 2.31. The van der Waals surface area contributed by atoms with Gasteiger partial charge in [-0.2, -0.15) is 0 Å². The molecule has 0 heterocycles. The van der Waals surface area contributed by atoms with Crippen LogP contribution in [0.4, 0.5) is 5.69 Å². The molecule has 0 spiro atoms. The Hall–Kier alpha value is -1.65. The molecule has 0 atom stereocenters. The lowest BCUT2D eigenvalue weighted by molar-refractivity contribution is 0.901. The second-order valence-corrected chi connectivity index (χ2v) is 5.73. The summed E-state index contributed by atoms with van der Waals surface area (Å²) in [4.78, 5) is 3.38. The van der Waals surface area contributed by atoms with Gasteiger partial charge in [0, 0.05) is 49.4 Å². The maximum absolute atomic E-state index is 3.91. The van der Waals surface area contributed by atoms with E-state index in [-0.39, 0.29) is 0 Å². The Balaban J connectivity index is 2.26. The van der Waals surface area contributed by atoms with Gasteiger partial charge in [0.15, 0.2) is 0 Å². The number of likely N-dealkylation sites (N-methyl/N-ethyl adjacent to an activating group) is 1. The summed E-state index contributed by atoms with van der Waals surface area (Å²) in [6.45, 7) is 4.65. The van der Waals surface area contributed by atoms with Crippen molar-refractivity contribution in [1.29, 1.82) is 0 Å². The lowest BCUT2D eigenvalue weighted by Crippen LogP contribution is -2.16. The third kappa shape index (κ3) is 3.26. The van der Waals surface area contributed by atoms with Crippen LogP contribution in [0.1, 0.15) is 0 Å². The van der Waals surface area contributed by atoms with Crippen LogP contribution >= 0.6 is 11.9 Å². The molecule has 0 fully saturated rings. The highest BCUT2D eigenvalue weighted by molar-refractivity contribution is 7.97. The molecule has 0 saturated carbocycles. The highest BCUT2D eigenvalue weighted by atomic mass is 32.2. The van der Waals surface area contributed by atoms with Crippen molar-refractivity contribution in [1.82, 2.24) is 10.0 Å². The van der Waals surface area contributed by atoms with Gasteiger partial charge in [-0.1, -0.05) is 30.8 Å². The van der Waals surface area contributed by atoms with Gasteiger partial charge in [0.05, 0.1) is 0 Å². The van der Waals surface area contributed by atoms with Crippen LogP contribution in [0.3, 0.4) is 0 Å². The lowest BCUT2D eigenvalue weighted by Gasteiger charge is -2.16. The van der Waals surface area contributed by atoms with Crippen molar-refractivity contribution >= 4 is 28.4 Å². The molecule has 0 aliphatic rings. The predicted octanol–water partition coefficient (Wildman–Crippen LogP) is 3.24. The summed E-state index contributed by atoms with van der Waals surface area (Å²) in [6, 6.07) is 12.8. The zero-order chi connectivity index (χ0) is 14.5. The molecule has 0 bridgehead atoms. The van der Waals surface area contributed by atoms with Gasteiger partial charge in [0.25, 0.3) is 0 Å². The molecule has 2 aromatic rings. The fourth-order valence-corrected chi connectivity index (χ4v) is 2.87. The van der Waals surface area contributed by atoms with E-state index >= 15 is 0 Å². The molecule has 0 unspecified atom stereocenters. The smallest absolute Gasteiger partial charge is 0.0455 e. The molecule has 2 aromatic carbocycles. The van der Waals surface area contributed by atoms with E-state index in [4.69, 9.17) is 0 Å². The van der Waals surface area contributed by atoms with Gasteiger partial charge in [-0.3, -0.25) is 4.72 Å². The molecule has 3 nitrogen and oxygen atoms in total. The summed E-state index contributed by atoms with van der Waals surface area (Å²) in [5.74, 6) is 0. The van der Waals surface area contributed by atoms with E-state index < -0.39 is 0 Å². The minimum atomic E-state index is 0.741. The van der Waals surface area contributed by atoms with Crippen LogP contribution in [0.15, 0.2) is 53.6 Å². The first-order chi connectivity index (χ1) is 9.63. The fraction of sp³-hybridized carbons (Fsp3) is 0.250. The number of nitrogens with zero attached hydrogens (tertiary/aromatic N) is 1. The number of fused-ring (bicyclic) bond motifs is 1. The molecule has 0 aliphatic heterocycles. The second kappa shape index (κ2) is 6.68. The minimum Gasteiger partial charge on any atom is -0.391 e. The maximum Gasteiger partial charge on any atom is 0.0455 e. The van der Waals surface area contributed by atoms with Crippen molar-refractivity contribution in [2.75, 3.05) is 32.6 Å². The van der Waals surface area contributed by atoms with E-state index in [0.29, 0.717) is 0 Å². The number of anilines is 1. The molecule has 0 amide bonds. The van der Waals surface area contributed by atoms with E-state index in [1.54, 1.807) is 11.9 Å². The Morgan fingerprint density at radius 3 is 2.55 bits per heavy atom. The Morgan fingerprint density at radius 1 is 1.15 bits per heavy atom. The third-order valence-electron chi connectivity index (χ3n) is 3.16. The van der Waals surface area contributed by atoms with Crippen molar-refractivity contribution in [3.05, 3.63) is 48.7 Å². The summed E-state index contributed by atoms with van der Waals surface area (Å²) in [5, 5.41) is 5.58. The van der Waals surface area contributed by atoms with Gasteiger partial charge in [-0.25, -0.2) is 0 Å². The molecule has 0 radical (unpaired) electrons. The average Bonchev–Trinajstić information content (AvgIpc) is 2.46. The molecule has 106 valence electrons. The third-order valence-corrected chi connectivity index (χ3v) is 4.03. The van der Waals surface area contributed by atoms with E-state index in [2.05, 4.69) is 72.0 Å². The lowest BCUT2D eigenvalue weighted by atomic mass is 10.1. The quantitative estimate of drug-likeness (QED) is 0.798. The molecule has 4 heteroatoms. The van der Waals surface area contributed by atoms with Crippen molar-refractivity contribution in [2.45, 2.75) is 4.90 Å². The first-order valence-corrected chi connectivity index (χ1v) is 7.39. The summed E-state index contributed by atoms with van der Waals surface area (Å²) >= 11 is 1.64. The Labute approximate surface area is 125 Å². The minimum absolute atomic E-state index is 0.741. The number of hydrogen-bond acceptors (Lipinski definition) is 4. The maximum atomic E-state index is 3.91. The molecular formula is C16H21N3S. The SMILES string of the molecule is C=C(CNSc1cccc2c(N(C)C)cccc12)NC. The van der Waals surface area contributed by atoms with Gasteiger partial charge in [-0.05, 0) is 29.5 Å². The van der Waals surface area contributed by atoms with Crippen LogP contribution in [-0.2, 0) is 0 Å². The molecule has 20 heavy (non-hydrogen) atoms.